The van der Waals surface area contributed by atoms with Crippen LogP contribution in [0, 0.1) is 526 Å². The van der Waals surface area contributed by atoms with E-state index >= 15 is 0 Å². The van der Waals surface area contributed by atoms with Crippen molar-refractivity contribution < 1.29 is 14.0 Å². The maximum atomic E-state index is 11.8. The fourth-order valence-corrected chi connectivity index (χ4v) is 6.54. The fourth-order valence-electron chi connectivity index (χ4n) is 6.24. The first-order chi connectivity index (χ1) is 61.6. The second kappa shape index (κ2) is 79.2. The summed E-state index contributed by atoms with van der Waals surface area (Å²) >= 11 is 20.0. The lowest BCUT2D eigenvalue weighted by Gasteiger charge is -2.11. The summed E-state index contributed by atoms with van der Waals surface area (Å²) in [6.45, 7) is 12.9. The second-order valence-electron chi connectivity index (χ2n) is 19.0. The van der Waals surface area contributed by atoms with E-state index in [9.17, 15) is 9.36 Å². The van der Waals surface area contributed by atoms with E-state index < -0.39 is 5.20 Å². The van der Waals surface area contributed by atoms with Crippen molar-refractivity contribution in [1.82, 2.24) is 20.4 Å². The van der Waals surface area contributed by atoms with E-state index in [0.29, 0.717) is 10.7 Å². The number of ether oxygens (including phenoxy) is 2. The van der Waals surface area contributed by atoms with Gasteiger partial charge in [-0.3, -0.25) is 9.36 Å². The molecule has 0 atom stereocenters. The Kier molecular flexibility index (Phi) is 65.9. The van der Waals surface area contributed by atoms with Gasteiger partial charge in [0.25, 0.3) is 5.56 Å². The second-order valence-corrected chi connectivity index (χ2v) is 26.0. The first-order valence-electron chi connectivity index (χ1n) is 33.3. The number of nitrogens with zero attached hydrogens (tertiary/aromatic N) is 3. The van der Waals surface area contributed by atoms with Crippen molar-refractivity contribution in [2.75, 3.05) is 14.2 Å². The first-order valence-corrected chi connectivity index (χ1v) is 38.1. The van der Waals surface area contributed by atoms with E-state index in [1.807, 2.05) is 64.1 Å². The van der Waals surface area contributed by atoms with Gasteiger partial charge < -0.3 is 9.47 Å². The Morgan fingerprint density at radius 2 is 0.476 bits per heavy atom. The number of aryl methyl sites for hydroxylation is 4. The number of hydrogen-bond acceptors (Lipinski definition) is 7. The molecule has 0 aliphatic heterocycles. The van der Waals surface area contributed by atoms with E-state index in [1.54, 1.807) is 47.4 Å². The van der Waals surface area contributed by atoms with Gasteiger partial charge in [0.15, 0.2) is 5.15 Å². The van der Waals surface area contributed by atoms with Gasteiger partial charge in [-0.15, -0.1) is 11.5 Å². The number of halogens is 4. The van der Waals surface area contributed by atoms with Gasteiger partial charge in [-0.2, -0.15) is 10.2 Å². The molecule has 0 fully saturated rings. The topological polar surface area (TPSA) is 107 Å². The number of hydrogen-bond donors (Lipinski definition) is 1. The van der Waals surface area contributed by atoms with Gasteiger partial charge in [0.2, 0.25) is 0 Å². The zero-order valence-corrected chi connectivity index (χ0v) is 71.0. The number of H-pyrrole nitrogens is 1. The standard InChI is InChI=1S/C44H6.C43H4.C13H13ClN2O.C13H14N2O2.Cl3OP/c1-3-5-7-9-11-13-15-17-19-21-23-25-27-29-31-33-35-37-39-41-43-44-42-40-38-36-34-32-30-28-26-24-22-20-18-16-14-12-10-8-6-4-2;1-3-5-7-9-11-13-15-17-19-21-23-25-27-29-31-33-35-37-39-41-43-42-40-38-36-34-32-30-28-26-24-22-20-18-16-14-12-10-8-6-4-2;1-8-6-10(17-3)4-5-11(8)12-9(2)7-15-16-13(12)14;1-8-6-10(17-3)4-5-11(8)12-9(2)7-14-15-13(12)16;1-5(2,3)4/h1-2H3;1H,2H3;4-7H,1-3H3;4-7H,1-3H3,(H,15,16);. The molecule has 0 radical (unpaired) electrons. The zero-order chi connectivity index (χ0) is 92.0. The molecular weight excluding hydrogens is 1650 g/mol. The van der Waals surface area contributed by atoms with Crippen molar-refractivity contribution in [3.05, 3.63) is 86.6 Å². The van der Waals surface area contributed by atoms with E-state index in [1.165, 1.54) is 0 Å². The number of nitrogens with one attached hydrogen (secondary N) is 1. The molecule has 0 saturated heterocycles. The molecule has 1 N–H and O–H groups in total. The van der Waals surface area contributed by atoms with Crippen LogP contribution in [0.4, 0.5) is 0 Å². The summed E-state index contributed by atoms with van der Waals surface area (Å²) in [6, 6.07) is 11.5. The van der Waals surface area contributed by atoms with Crippen molar-refractivity contribution in [2.45, 2.75) is 48.5 Å². The van der Waals surface area contributed by atoms with Gasteiger partial charge in [0.05, 0.1) is 32.2 Å². The maximum Gasteiger partial charge on any atom is 0.339 e. The summed E-state index contributed by atoms with van der Waals surface area (Å²) in [5.74, 6) is 209. The predicted octanol–water partition coefficient (Wildman–Crippen LogP) is 10.1. The van der Waals surface area contributed by atoms with Crippen molar-refractivity contribution >= 4 is 50.5 Å². The highest BCUT2D eigenvalue weighted by atomic mass is 36.0. The maximum absolute atomic E-state index is 11.8. The summed E-state index contributed by atoms with van der Waals surface area (Å²) in [6.07, 6.45) is 8.30. The van der Waals surface area contributed by atoms with Crippen molar-refractivity contribution in [3.8, 4) is 532 Å². The smallest absolute Gasteiger partial charge is 0.339 e. The molecule has 2 heterocycles. The number of rotatable bonds is 4. The number of aromatic amines is 1. The van der Waals surface area contributed by atoms with Gasteiger partial charge in [0.1, 0.15) is 11.5 Å². The molecule has 4 rings (SSSR count). The Morgan fingerprint density at radius 3 is 0.643 bits per heavy atom. The van der Waals surface area contributed by atoms with Crippen LogP contribution in [0.5, 0.6) is 11.5 Å². The van der Waals surface area contributed by atoms with Crippen LogP contribution in [-0.4, -0.2) is 34.6 Å². The van der Waals surface area contributed by atoms with Crippen molar-refractivity contribution in [1.29, 1.82) is 0 Å². The zero-order valence-electron chi connectivity index (χ0n) is 67.1. The molecule has 126 heavy (non-hydrogen) atoms. The van der Waals surface area contributed by atoms with Crippen LogP contribution in [-0.2, 0) is 4.57 Å². The van der Waals surface area contributed by atoms with Crippen LogP contribution in [0.2, 0.25) is 5.15 Å². The van der Waals surface area contributed by atoms with E-state index in [2.05, 4.69) is 546 Å². The molecule has 8 nitrogen and oxygen atoms in total. The summed E-state index contributed by atoms with van der Waals surface area (Å²) in [7, 11) is 3.28. The molecule has 0 bridgehead atoms. The van der Waals surface area contributed by atoms with Crippen LogP contribution in [0.15, 0.2) is 53.6 Å². The minimum Gasteiger partial charge on any atom is -0.497 e. The van der Waals surface area contributed by atoms with E-state index in [4.69, 9.17) is 27.5 Å². The van der Waals surface area contributed by atoms with Gasteiger partial charge in [-0.05, 0) is 329 Å². The molecule has 0 aliphatic carbocycles. The van der Waals surface area contributed by atoms with Crippen LogP contribution < -0.4 is 15.0 Å². The third-order valence-corrected chi connectivity index (χ3v) is 11.0. The highest BCUT2D eigenvalue weighted by Gasteiger charge is 2.13. The fraction of sp³-hybridized carbons (Fsp3) is 0.0796. The molecule has 566 valence electrons. The predicted molar refractivity (Wildman–Crippen MR) is 505 cm³/mol. The minimum atomic E-state index is -3.22. The Labute approximate surface area is 760 Å². The van der Waals surface area contributed by atoms with Gasteiger partial charge in [0, 0.05) is 290 Å². The average molecular weight is 1690 g/mol. The summed E-state index contributed by atoms with van der Waals surface area (Å²) in [5.41, 5.74) is 7.38. The quantitative estimate of drug-likeness (QED) is 0.160. The average Bonchev–Trinajstić information content (AvgIpc) is 0.815. The van der Waals surface area contributed by atoms with Crippen LogP contribution in [0.1, 0.15) is 43.0 Å². The molecule has 4 aromatic rings. The minimum absolute atomic E-state index is 0.168. The number of benzene rings is 2. The summed E-state index contributed by atoms with van der Waals surface area (Å²) < 4.78 is 19.8. The Hall–Kier alpha value is -21.1. The highest BCUT2D eigenvalue weighted by Crippen LogP contribution is 2.61. The van der Waals surface area contributed by atoms with E-state index in [0.717, 1.165) is 50.4 Å². The normalized spacial score (nSPS) is 5.97. The molecule has 2 aromatic carbocycles. The van der Waals surface area contributed by atoms with Gasteiger partial charge in [-0.1, -0.05) is 41.5 Å². The third-order valence-electron chi connectivity index (χ3n) is 10.7. The first kappa shape index (κ1) is 105. The molecular formula is C113H37Cl4N4O4P. The molecule has 0 amide bonds. The SMILES string of the molecule is C#CC#CC#CC#CC#CC#CC#CC#CC#CC#CC#CC#CC#CC#CC#CC#CC#CC#CC#CC#CC#CC.CC#CC#CC#CC#CC#CC#CC#CC#CC#CC#CC#CC#CC#CC#CC#CC#CC#CC#CC#CC#CC#CC.COc1ccc(-c2c(C)cn[nH]c2=O)c(C)c1.COc1ccc(-c2c(C)cnnc2Cl)c(C)c1.O=P(Cl)(Cl)Cl. The Morgan fingerprint density at radius 1 is 0.294 bits per heavy atom. The number of aromatic nitrogens is 4. The van der Waals surface area contributed by atoms with Crippen LogP contribution in [0.3, 0.4) is 0 Å². The summed E-state index contributed by atoms with van der Waals surface area (Å²) in [4.78, 5) is 11.8. The monoisotopic (exact) mass is 1680 g/mol. The molecule has 13 heteroatoms. The van der Waals surface area contributed by atoms with Crippen molar-refractivity contribution in [2.24, 2.45) is 0 Å². The van der Waals surface area contributed by atoms with Gasteiger partial charge in [-0.25, -0.2) is 5.10 Å². The van der Waals surface area contributed by atoms with Crippen LogP contribution >= 0.6 is 50.5 Å². The number of methoxy groups -OCH3 is 2. The molecule has 0 unspecified atom stereocenters. The lowest BCUT2D eigenvalue weighted by Crippen LogP contribution is -2.12. The lowest BCUT2D eigenvalue weighted by molar-refractivity contribution is 0.414. The molecule has 0 saturated carbocycles. The highest BCUT2D eigenvalue weighted by molar-refractivity contribution is 8.24. The van der Waals surface area contributed by atoms with Gasteiger partial charge >= 0.3 is 5.20 Å². The largest absolute Gasteiger partial charge is 0.497 e. The lowest BCUT2D eigenvalue weighted by atomic mass is 9.99. The molecule has 0 aliphatic rings. The Balaban J connectivity index is 0.00000174. The summed E-state index contributed by atoms with van der Waals surface area (Å²) in [5, 5.41) is 11.1. The molecule has 2 aromatic heterocycles. The molecule has 0 spiro atoms. The van der Waals surface area contributed by atoms with Crippen molar-refractivity contribution in [3.63, 3.8) is 0 Å². The van der Waals surface area contributed by atoms with Crippen LogP contribution in [0.25, 0.3) is 22.3 Å². The number of terminal acetylenes is 1. The Bertz CT molecular complexity index is 7940. The third kappa shape index (κ3) is 67.4. The van der Waals surface area contributed by atoms with E-state index in [-0.39, 0.29) is 5.56 Å².